The Morgan fingerprint density at radius 2 is 1.84 bits per heavy atom. The van der Waals surface area contributed by atoms with E-state index in [9.17, 15) is 13.2 Å². The van der Waals surface area contributed by atoms with E-state index < -0.39 is 10.0 Å². The van der Waals surface area contributed by atoms with Crippen molar-refractivity contribution < 1.29 is 13.2 Å². The third kappa shape index (κ3) is 3.90. The molecule has 2 aromatic heterocycles. The van der Waals surface area contributed by atoms with Crippen molar-refractivity contribution in [2.45, 2.75) is 13.8 Å². The smallest absolute Gasteiger partial charge is 0.269 e. The minimum Gasteiger partial charge on any atom is -0.350 e. The van der Waals surface area contributed by atoms with Gasteiger partial charge in [-0.25, -0.2) is 12.7 Å². The molecule has 1 N–H and O–H groups in total. The highest BCUT2D eigenvalue weighted by atomic mass is 32.2. The van der Waals surface area contributed by atoms with Gasteiger partial charge in [0.15, 0.2) is 0 Å². The summed E-state index contributed by atoms with van der Waals surface area (Å²) < 4.78 is 27.8. The number of nitrogens with zero attached hydrogens (tertiary/aromatic N) is 5. The van der Waals surface area contributed by atoms with Crippen LogP contribution in [0.25, 0.3) is 11.3 Å². The van der Waals surface area contributed by atoms with Gasteiger partial charge in [0.2, 0.25) is 10.0 Å². The molecule has 2 aromatic rings. The Morgan fingerprint density at radius 3 is 2.36 bits per heavy atom. The average molecular weight is 368 g/mol. The van der Waals surface area contributed by atoms with Gasteiger partial charge >= 0.3 is 0 Å². The first-order chi connectivity index (χ1) is 11.5. The second-order valence-corrected chi connectivity index (χ2v) is 8.36. The molecule has 0 fully saturated rings. The van der Waals surface area contributed by atoms with E-state index in [-0.39, 0.29) is 18.2 Å². The maximum absolute atomic E-state index is 12.3. The lowest BCUT2D eigenvalue weighted by atomic mass is 10.1. The van der Waals surface area contributed by atoms with Gasteiger partial charge in [0.1, 0.15) is 5.69 Å². The van der Waals surface area contributed by atoms with E-state index in [0.29, 0.717) is 11.4 Å². The van der Waals surface area contributed by atoms with Crippen molar-refractivity contribution >= 4 is 15.9 Å². The van der Waals surface area contributed by atoms with E-state index in [2.05, 4.69) is 15.5 Å². The van der Waals surface area contributed by atoms with Crippen LogP contribution in [0, 0.1) is 13.8 Å². The number of amides is 1. The predicted octanol–water partition coefficient (Wildman–Crippen LogP) is 0.0586. The van der Waals surface area contributed by atoms with Crippen LogP contribution in [0.2, 0.25) is 0 Å². The quantitative estimate of drug-likeness (QED) is 0.777. The van der Waals surface area contributed by atoms with Gasteiger partial charge in [0, 0.05) is 46.0 Å². The summed E-state index contributed by atoms with van der Waals surface area (Å²) in [6.45, 7) is 3.86. The van der Waals surface area contributed by atoms with Gasteiger partial charge in [-0.05, 0) is 19.9 Å². The van der Waals surface area contributed by atoms with Crippen molar-refractivity contribution in [2.75, 3.05) is 26.4 Å². The number of carbonyl (C=O) groups is 1. The Hall–Kier alpha value is -2.20. The summed E-state index contributed by atoms with van der Waals surface area (Å²) in [7, 11) is 3.11. The molecule has 0 aromatic carbocycles. The molecule has 0 saturated heterocycles. The van der Waals surface area contributed by atoms with Crippen LogP contribution in [0.4, 0.5) is 0 Å². The molecule has 10 heteroatoms. The first-order valence-electron chi connectivity index (χ1n) is 7.77. The Labute approximate surface area is 147 Å². The van der Waals surface area contributed by atoms with Gasteiger partial charge in [0.05, 0.1) is 17.1 Å². The van der Waals surface area contributed by atoms with E-state index in [1.165, 1.54) is 18.8 Å². The van der Waals surface area contributed by atoms with Crippen LogP contribution >= 0.6 is 0 Å². The molecule has 0 saturated carbocycles. The first-order valence-corrected chi connectivity index (χ1v) is 9.38. The molecular weight excluding hydrogens is 344 g/mol. The van der Waals surface area contributed by atoms with Crippen molar-refractivity contribution in [3.63, 3.8) is 0 Å². The molecule has 0 atom stereocenters. The zero-order valence-corrected chi connectivity index (χ0v) is 16.2. The summed E-state index contributed by atoms with van der Waals surface area (Å²) >= 11 is 0. The van der Waals surface area contributed by atoms with Gasteiger partial charge in [-0.2, -0.15) is 10.2 Å². The number of rotatable bonds is 6. The molecule has 0 aliphatic heterocycles. The Kier molecular flexibility index (Phi) is 5.33. The number of aromatic nitrogens is 4. The van der Waals surface area contributed by atoms with Crippen molar-refractivity contribution in [2.24, 2.45) is 14.1 Å². The minimum absolute atomic E-state index is 0.0325. The summed E-state index contributed by atoms with van der Waals surface area (Å²) in [6.07, 6.45) is 0. The van der Waals surface area contributed by atoms with Crippen LogP contribution in [-0.2, 0) is 24.1 Å². The van der Waals surface area contributed by atoms with Crippen LogP contribution < -0.4 is 5.32 Å². The average Bonchev–Trinajstić information content (AvgIpc) is 2.99. The molecule has 0 aliphatic carbocycles. The van der Waals surface area contributed by atoms with Crippen LogP contribution in [0.5, 0.6) is 0 Å². The minimum atomic E-state index is -3.35. The molecule has 9 nitrogen and oxygen atoms in total. The third-order valence-electron chi connectivity index (χ3n) is 4.08. The zero-order chi connectivity index (χ0) is 18.9. The lowest BCUT2D eigenvalue weighted by molar-refractivity contribution is 0.0946. The van der Waals surface area contributed by atoms with Gasteiger partial charge in [0.25, 0.3) is 5.91 Å². The van der Waals surface area contributed by atoms with Crippen LogP contribution in [0.3, 0.4) is 0 Å². The summed E-state index contributed by atoms with van der Waals surface area (Å²) in [6, 6.07) is 1.69. The Bertz CT molecular complexity index is 895. The number of aryl methyl sites for hydroxylation is 3. The SMILES string of the molecule is Cc1nn(C)c(C)c1-c1cc(C(=O)NCCS(=O)(=O)N(C)C)n(C)n1. The molecular formula is C15H24N6O3S. The normalized spacial score (nSPS) is 12.0. The van der Waals surface area contributed by atoms with E-state index in [1.807, 2.05) is 20.9 Å². The number of sulfonamides is 1. The molecule has 2 rings (SSSR count). The van der Waals surface area contributed by atoms with Crippen LogP contribution in [0.1, 0.15) is 21.9 Å². The first kappa shape index (κ1) is 19.1. The lowest BCUT2D eigenvalue weighted by Crippen LogP contribution is -2.34. The highest BCUT2D eigenvalue weighted by Crippen LogP contribution is 2.25. The predicted molar refractivity (Wildman–Crippen MR) is 94.7 cm³/mol. The van der Waals surface area contributed by atoms with Crippen molar-refractivity contribution in [3.05, 3.63) is 23.1 Å². The third-order valence-corrected chi connectivity index (χ3v) is 5.91. The molecule has 0 bridgehead atoms. The lowest BCUT2D eigenvalue weighted by Gasteiger charge is -2.11. The van der Waals surface area contributed by atoms with E-state index in [1.54, 1.807) is 17.8 Å². The van der Waals surface area contributed by atoms with E-state index in [0.717, 1.165) is 21.3 Å². The van der Waals surface area contributed by atoms with Crippen molar-refractivity contribution in [3.8, 4) is 11.3 Å². The summed E-state index contributed by atoms with van der Waals surface area (Å²) in [4.78, 5) is 12.3. The summed E-state index contributed by atoms with van der Waals surface area (Å²) in [5, 5.41) is 11.4. The fourth-order valence-electron chi connectivity index (χ4n) is 2.51. The standard InChI is InChI=1S/C15H24N6O3S/c1-10-14(11(2)20(5)17-10)12-9-13(21(6)18-12)15(22)16-7-8-25(23,24)19(3)4/h9H,7-8H2,1-6H3,(H,16,22). The summed E-state index contributed by atoms with van der Waals surface area (Å²) in [5.41, 5.74) is 3.71. The van der Waals surface area contributed by atoms with Crippen LogP contribution in [-0.4, -0.2) is 64.6 Å². The number of nitrogens with one attached hydrogen (secondary N) is 1. The monoisotopic (exact) mass is 368 g/mol. The number of hydrogen-bond donors (Lipinski definition) is 1. The number of hydrogen-bond acceptors (Lipinski definition) is 5. The van der Waals surface area contributed by atoms with Crippen LogP contribution in [0.15, 0.2) is 6.07 Å². The van der Waals surface area contributed by atoms with E-state index >= 15 is 0 Å². The Morgan fingerprint density at radius 1 is 1.20 bits per heavy atom. The summed E-state index contributed by atoms with van der Waals surface area (Å²) in [5.74, 6) is -0.522. The molecule has 1 amide bonds. The van der Waals surface area contributed by atoms with Gasteiger partial charge in [-0.1, -0.05) is 0 Å². The maximum atomic E-state index is 12.3. The molecule has 138 valence electrons. The molecule has 0 spiro atoms. The topological polar surface area (TPSA) is 102 Å². The highest BCUT2D eigenvalue weighted by molar-refractivity contribution is 7.89. The zero-order valence-electron chi connectivity index (χ0n) is 15.4. The fourth-order valence-corrected chi connectivity index (χ4v) is 3.24. The Balaban J connectivity index is 2.16. The second-order valence-electron chi connectivity index (χ2n) is 6.06. The molecule has 2 heterocycles. The second kappa shape index (κ2) is 6.96. The van der Waals surface area contributed by atoms with Gasteiger partial charge < -0.3 is 5.32 Å². The highest BCUT2D eigenvalue weighted by Gasteiger charge is 2.20. The van der Waals surface area contributed by atoms with E-state index in [4.69, 9.17) is 0 Å². The van der Waals surface area contributed by atoms with Crippen molar-refractivity contribution in [1.29, 1.82) is 0 Å². The van der Waals surface area contributed by atoms with Gasteiger partial charge in [-0.3, -0.25) is 14.2 Å². The largest absolute Gasteiger partial charge is 0.350 e. The molecule has 0 radical (unpaired) electrons. The molecule has 0 aliphatic rings. The van der Waals surface area contributed by atoms with Crippen molar-refractivity contribution in [1.82, 2.24) is 29.2 Å². The maximum Gasteiger partial charge on any atom is 0.269 e. The van der Waals surface area contributed by atoms with Gasteiger partial charge in [-0.15, -0.1) is 0 Å². The number of carbonyl (C=O) groups excluding carboxylic acids is 1. The molecule has 25 heavy (non-hydrogen) atoms. The molecule has 0 unspecified atom stereocenters. The fraction of sp³-hybridized carbons (Fsp3) is 0.533.